The first-order chi connectivity index (χ1) is 8.66. The molecule has 0 aliphatic carbocycles. The van der Waals surface area contributed by atoms with Crippen LogP contribution in [0.3, 0.4) is 0 Å². The van der Waals surface area contributed by atoms with E-state index in [1.165, 1.54) is 0 Å². The highest BCUT2D eigenvalue weighted by Gasteiger charge is 2.05. The molecule has 92 valence electrons. The number of benzene rings is 2. The second-order valence-corrected chi connectivity index (χ2v) is 4.75. The van der Waals surface area contributed by atoms with E-state index in [0.29, 0.717) is 17.8 Å². The van der Waals surface area contributed by atoms with Gasteiger partial charge in [-0.2, -0.15) is 0 Å². The molecule has 3 nitrogen and oxygen atoms in total. The Morgan fingerprint density at radius 1 is 1.11 bits per heavy atom. The summed E-state index contributed by atoms with van der Waals surface area (Å²) in [5.41, 5.74) is 7.87. The summed E-state index contributed by atoms with van der Waals surface area (Å²) in [6.07, 6.45) is 0. The number of nitrogens with two attached hydrogens (primary N) is 1. The van der Waals surface area contributed by atoms with Gasteiger partial charge in [0.1, 0.15) is 0 Å². The third-order valence-corrected chi connectivity index (χ3v) is 3.34. The third-order valence-electron chi connectivity index (χ3n) is 2.57. The van der Waals surface area contributed by atoms with E-state index in [4.69, 9.17) is 5.73 Å². The molecule has 0 saturated heterocycles. The number of carbonyl (C=O) groups is 1. The van der Waals surface area contributed by atoms with E-state index in [2.05, 4.69) is 21.2 Å². The van der Waals surface area contributed by atoms with E-state index < -0.39 is 0 Å². The van der Waals surface area contributed by atoms with Crippen molar-refractivity contribution >= 4 is 27.5 Å². The van der Waals surface area contributed by atoms with E-state index in [1.54, 1.807) is 24.3 Å². The number of carbonyl (C=O) groups excluding carboxylic acids is 1. The van der Waals surface area contributed by atoms with E-state index in [0.717, 1.165) is 10.0 Å². The molecule has 0 unspecified atom stereocenters. The molecule has 2 rings (SSSR count). The first kappa shape index (κ1) is 12.6. The van der Waals surface area contributed by atoms with Gasteiger partial charge >= 0.3 is 0 Å². The van der Waals surface area contributed by atoms with Crippen LogP contribution in [0.1, 0.15) is 15.9 Å². The average molecular weight is 305 g/mol. The van der Waals surface area contributed by atoms with Gasteiger partial charge in [-0.05, 0) is 35.9 Å². The second kappa shape index (κ2) is 5.69. The Kier molecular flexibility index (Phi) is 3.99. The number of hydrogen-bond acceptors (Lipinski definition) is 2. The van der Waals surface area contributed by atoms with Crippen LogP contribution in [0.25, 0.3) is 0 Å². The number of hydrogen-bond donors (Lipinski definition) is 2. The van der Waals surface area contributed by atoms with Gasteiger partial charge in [-0.15, -0.1) is 0 Å². The van der Waals surface area contributed by atoms with Gasteiger partial charge in [0, 0.05) is 22.3 Å². The Morgan fingerprint density at radius 2 is 1.78 bits per heavy atom. The molecule has 2 aromatic carbocycles. The SMILES string of the molecule is Nc1ccc(C(=O)NCc2ccccc2Br)cc1. The smallest absolute Gasteiger partial charge is 0.251 e. The predicted octanol–water partition coefficient (Wildman–Crippen LogP) is 2.96. The lowest BCUT2D eigenvalue weighted by molar-refractivity contribution is 0.0951. The van der Waals surface area contributed by atoms with Gasteiger partial charge in [0.05, 0.1) is 0 Å². The molecule has 1 amide bonds. The van der Waals surface area contributed by atoms with E-state index in [-0.39, 0.29) is 5.91 Å². The summed E-state index contributed by atoms with van der Waals surface area (Å²) in [5.74, 6) is -0.106. The van der Waals surface area contributed by atoms with Crippen molar-refractivity contribution in [3.05, 3.63) is 64.1 Å². The Bertz CT molecular complexity index is 552. The van der Waals surface area contributed by atoms with Crippen molar-refractivity contribution in [1.29, 1.82) is 0 Å². The number of nitrogens with one attached hydrogen (secondary N) is 1. The molecule has 0 atom stereocenters. The quantitative estimate of drug-likeness (QED) is 0.857. The standard InChI is InChI=1S/C14H13BrN2O/c15-13-4-2-1-3-11(13)9-17-14(18)10-5-7-12(16)8-6-10/h1-8H,9,16H2,(H,17,18). The highest BCUT2D eigenvalue weighted by Crippen LogP contribution is 2.15. The molecule has 2 aromatic rings. The molecule has 0 spiro atoms. The fourth-order valence-corrected chi connectivity index (χ4v) is 1.98. The monoisotopic (exact) mass is 304 g/mol. The summed E-state index contributed by atoms with van der Waals surface area (Å²) in [6, 6.07) is 14.7. The van der Waals surface area contributed by atoms with Crippen molar-refractivity contribution in [3.63, 3.8) is 0 Å². The average Bonchev–Trinajstić information content (AvgIpc) is 2.38. The Morgan fingerprint density at radius 3 is 2.44 bits per heavy atom. The van der Waals surface area contributed by atoms with Gasteiger partial charge < -0.3 is 11.1 Å². The maximum Gasteiger partial charge on any atom is 0.251 e. The van der Waals surface area contributed by atoms with Gasteiger partial charge in [-0.3, -0.25) is 4.79 Å². The lowest BCUT2D eigenvalue weighted by Crippen LogP contribution is -2.22. The molecule has 0 fully saturated rings. The van der Waals surface area contributed by atoms with Crippen LogP contribution in [0.4, 0.5) is 5.69 Å². The molecule has 0 aromatic heterocycles. The van der Waals surface area contributed by atoms with Crippen molar-refractivity contribution in [1.82, 2.24) is 5.32 Å². The molecule has 0 aliphatic rings. The van der Waals surface area contributed by atoms with Crippen molar-refractivity contribution in [2.24, 2.45) is 0 Å². The van der Waals surface area contributed by atoms with E-state index in [9.17, 15) is 4.79 Å². The molecular weight excluding hydrogens is 292 g/mol. The summed E-state index contributed by atoms with van der Waals surface area (Å²) in [6.45, 7) is 0.491. The summed E-state index contributed by atoms with van der Waals surface area (Å²) < 4.78 is 0.989. The minimum Gasteiger partial charge on any atom is -0.399 e. The summed E-state index contributed by atoms with van der Waals surface area (Å²) >= 11 is 3.44. The molecule has 0 bridgehead atoms. The van der Waals surface area contributed by atoms with E-state index in [1.807, 2.05) is 24.3 Å². The zero-order valence-corrected chi connectivity index (χ0v) is 11.3. The van der Waals surface area contributed by atoms with Crippen LogP contribution in [0, 0.1) is 0 Å². The fourth-order valence-electron chi connectivity index (χ4n) is 1.55. The number of rotatable bonds is 3. The molecule has 0 saturated carbocycles. The highest BCUT2D eigenvalue weighted by molar-refractivity contribution is 9.10. The molecule has 4 heteroatoms. The van der Waals surface area contributed by atoms with Crippen molar-refractivity contribution < 1.29 is 4.79 Å². The number of nitrogen functional groups attached to an aromatic ring is 1. The van der Waals surface area contributed by atoms with Gasteiger partial charge in [0.2, 0.25) is 0 Å². The van der Waals surface area contributed by atoms with Crippen LogP contribution >= 0.6 is 15.9 Å². The number of anilines is 1. The van der Waals surface area contributed by atoms with Gasteiger partial charge in [-0.1, -0.05) is 34.1 Å². The predicted molar refractivity (Wildman–Crippen MR) is 76.2 cm³/mol. The van der Waals surface area contributed by atoms with Crippen LogP contribution in [-0.2, 0) is 6.54 Å². The lowest BCUT2D eigenvalue weighted by atomic mass is 10.2. The maximum atomic E-state index is 11.9. The first-order valence-electron chi connectivity index (χ1n) is 5.54. The number of amides is 1. The van der Waals surface area contributed by atoms with E-state index >= 15 is 0 Å². The van der Waals surface area contributed by atoms with Crippen LogP contribution in [0.2, 0.25) is 0 Å². The van der Waals surface area contributed by atoms with Crippen LogP contribution in [0.15, 0.2) is 53.0 Å². The second-order valence-electron chi connectivity index (χ2n) is 3.90. The minimum absolute atomic E-state index is 0.106. The zero-order valence-electron chi connectivity index (χ0n) is 9.69. The van der Waals surface area contributed by atoms with Crippen LogP contribution in [0.5, 0.6) is 0 Å². The van der Waals surface area contributed by atoms with Gasteiger partial charge in [-0.25, -0.2) is 0 Å². The zero-order chi connectivity index (χ0) is 13.0. The molecule has 18 heavy (non-hydrogen) atoms. The first-order valence-corrected chi connectivity index (χ1v) is 6.33. The summed E-state index contributed by atoms with van der Waals surface area (Å²) in [7, 11) is 0. The molecule has 0 aliphatic heterocycles. The molecule has 0 radical (unpaired) electrons. The van der Waals surface area contributed by atoms with Crippen molar-refractivity contribution in [2.75, 3.05) is 5.73 Å². The molecule has 3 N–H and O–H groups in total. The molecule has 0 heterocycles. The lowest BCUT2D eigenvalue weighted by Gasteiger charge is -2.07. The number of halogens is 1. The molecular formula is C14H13BrN2O. The van der Waals surface area contributed by atoms with Gasteiger partial charge in [0.15, 0.2) is 0 Å². The summed E-state index contributed by atoms with van der Waals surface area (Å²) in [4.78, 5) is 11.9. The topological polar surface area (TPSA) is 55.1 Å². The highest BCUT2D eigenvalue weighted by atomic mass is 79.9. The van der Waals surface area contributed by atoms with Crippen molar-refractivity contribution in [3.8, 4) is 0 Å². The summed E-state index contributed by atoms with van der Waals surface area (Å²) in [5, 5.41) is 2.87. The minimum atomic E-state index is -0.106. The Hall–Kier alpha value is -1.81. The van der Waals surface area contributed by atoms with Gasteiger partial charge in [0.25, 0.3) is 5.91 Å². The largest absolute Gasteiger partial charge is 0.399 e. The Balaban J connectivity index is 2.01. The maximum absolute atomic E-state index is 11.9. The fraction of sp³-hybridized carbons (Fsp3) is 0.0714. The van der Waals surface area contributed by atoms with Crippen LogP contribution in [-0.4, -0.2) is 5.91 Å². The Labute approximate surface area is 114 Å². The van der Waals surface area contributed by atoms with Crippen molar-refractivity contribution in [2.45, 2.75) is 6.54 Å². The third kappa shape index (κ3) is 3.11. The van der Waals surface area contributed by atoms with Crippen LogP contribution < -0.4 is 11.1 Å². The normalized spacial score (nSPS) is 10.1.